The minimum absolute atomic E-state index is 0.0497. The molecule has 0 radical (unpaired) electrons. The summed E-state index contributed by atoms with van der Waals surface area (Å²) >= 11 is 3.41. The van der Waals surface area contributed by atoms with Crippen molar-refractivity contribution in [3.63, 3.8) is 0 Å². The summed E-state index contributed by atoms with van der Waals surface area (Å²) in [4.78, 5) is 22.5. The maximum absolute atomic E-state index is 12.5. The molecule has 2 aromatic rings. The van der Waals surface area contributed by atoms with Crippen LogP contribution in [0, 0.1) is 0 Å². The molecule has 3 heterocycles. The van der Waals surface area contributed by atoms with Gasteiger partial charge in [-0.05, 0) is 34.1 Å². The highest BCUT2D eigenvalue weighted by molar-refractivity contribution is 9.10. The number of carbonyl (C=O) groups is 1. The first-order valence-corrected chi connectivity index (χ1v) is 8.03. The molecule has 1 fully saturated rings. The van der Waals surface area contributed by atoms with Gasteiger partial charge in [-0.15, -0.1) is 0 Å². The zero-order valence-electron chi connectivity index (χ0n) is 12.6. The standard InChI is InChI=1S/C16H16BrN3O3/c1-22-14-5-4-11(9-19-14)16(21)20-8-6-12(10-20)23-15-13(17)3-2-7-18-15/h2-5,7,9,12H,6,8,10H2,1H3. The number of rotatable bonds is 4. The second-order valence-corrected chi connectivity index (χ2v) is 6.01. The number of hydrogen-bond donors (Lipinski definition) is 0. The van der Waals surface area contributed by atoms with Gasteiger partial charge in [0.2, 0.25) is 11.8 Å². The fourth-order valence-corrected chi connectivity index (χ4v) is 2.78. The highest BCUT2D eigenvalue weighted by Crippen LogP contribution is 2.25. The Morgan fingerprint density at radius 3 is 2.91 bits per heavy atom. The van der Waals surface area contributed by atoms with Crippen molar-refractivity contribution in [3.8, 4) is 11.8 Å². The fourth-order valence-electron chi connectivity index (χ4n) is 2.43. The fraction of sp³-hybridized carbons (Fsp3) is 0.312. The first-order valence-electron chi connectivity index (χ1n) is 7.24. The van der Waals surface area contributed by atoms with E-state index in [0.717, 1.165) is 10.9 Å². The summed E-state index contributed by atoms with van der Waals surface area (Å²) in [6.45, 7) is 1.19. The van der Waals surface area contributed by atoms with E-state index in [1.807, 2.05) is 12.1 Å². The third-order valence-corrected chi connectivity index (χ3v) is 4.23. The van der Waals surface area contributed by atoms with Gasteiger partial charge in [-0.1, -0.05) is 0 Å². The van der Waals surface area contributed by atoms with Crippen molar-refractivity contribution in [3.05, 3.63) is 46.7 Å². The Labute approximate surface area is 142 Å². The monoisotopic (exact) mass is 377 g/mol. The van der Waals surface area contributed by atoms with Gasteiger partial charge in [-0.25, -0.2) is 9.97 Å². The SMILES string of the molecule is COc1ccc(C(=O)N2CCC(Oc3ncccc3Br)C2)cn1. The van der Waals surface area contributed by atoms with Crippen molar-refractivity contribution >= 4 is 21.8 Å². The lowest BCUT2D eigenvalue weighted by Gasteiger charge is -2.17. The Hall–Kier alpha value is -2.15. The quantitative estimate of drug-likeness (QED) is 0.818. The van der Waals surface area contributed by atoms with Crippen LogP contribution >= 0.6 is 15.9 Å². The van der Waals surface area contributed by atoms with Crippen molar-refractivity contribution < 1.29 is 14.3 Å². The number of nitrogens with zero attached hydrogens (tertiary/aromatic N) is 3. The summed E-state index contributed by atoms with van der Waals surface area (Å²) in [5, 5.41) is 0. The maximum atomic E-state index is 12.5. The minimum atomic E-state index is -0.0589. The highest BCUT2D eigenvalue weighted by atomic mass is 79.9. The zero-order valence-corrected chi connectivity index (χ0v) is 14.2. The van der Waals surface area contributed by atoms with Crippen molar-refractivity contribution in [1.82, 2.24) is 14.9 Å². The van der Waals surface area contributed by atoms with Crippen LogP contribution in [-0.2, 0) is 0 Å². The van der Waals surface area contributed by atoms with Gasteiger partial charge in [-0.2, -0.15) is 0 Å². The third kappa shape index (κ3) is 3.61. The number of likely N-dealkylation sites (tertiary alicyclic amines) is 1. The second kappa shape index (κ2) is 6.95. The number of aromatic nitrogens is 2. The summed E-state index contributed by atoms with van der Waals surface area (Å²) in [6.07, 6.45) is 3.93. The van der Waals surface area contributed by atoms with Crippen LogP contribution in [0.4, 0.5) is 0 Å². The molecular formula is C16H16BrN3O3. The lowest BCUT2D eigenvalue weighted by Crippen LogP contribution is -2.31. The molecule has 23 heavy (non-hydrogen) atoms. The average molecular weight is 378 g/mol. The van der Waals surface area contributed by atoms with Crippen molar-refractivity contribution in [2.24, 2.45) is 0 Å². The molecule has 1 aliphatic heterocycles. The van der Waals surface area contributed by atoms with E-state index in [2.05, 4.69) is 25.9 Å². The molecule has 0 bridgehead atoms. The van der Waals surface area contributed by atoms with E-state index in [9.17, 15) is 4.79 Å². The molecule has 7 heteroatoms. The Balaban J connectivity index is 1.62. The molecule has 1 unspecified atom stereocenters. The lowest BCUT2D eigenvalue weighted by molar-refractivity contribution is 0.0770. The number of pyridine rings is 2. The Morgan fingerprint density at radius 2 is 2.22 bits per heavy atom. The van der Waals surface area contributed by atoms with Crippen LogP contribution in [-0.4, -0.2) is 47.1 Å². The summed E-state index contributed by atoms with van der Waals surface area (Å²) in [5.74, 6) is 0.994. The Morgan fingerprint density at radius 1 is 1.35 bits per heavy atom. The van der Waals surface area contributed by atoms with Crippen molar-refractivity contribution in [2.45, 2.75) is 12.5 Å². The van der Waals surface area contributed by atoms with Crippen LogP contribution in [0.3, 0.4) is 0 Å². The van der Waals surface area contributed by atoms with Gasteiger partial charge in [0, 0.05) is 31.4 Å². The largest absolute Gasteiger partial charge is 0.481 e. The van der Waals surface area contributed by atoms with Gasteiger partial charge in [-0.3, -0.25) is 4.79 Å². The topological polar surface area (TPSA) is 64.5 Å². The highest BCUT2D eigenvalue weighted by Gasteiger charge is 2.29. The van der Waals surface area contributed by atoms with E-state index in [0.29, 0.717) is 30.4 Å². The number of amides is 1. The van der Waals surface area contributed by atoms with E-state index >= 15 is 0 Å². The van der Waals surface area contributed by atoms with Gasteiger partial charge < -0.3 is 14.4 Å². The minimum Gasteiger partial charge on any atom is -0.481 e. The first-order chi connectivity index (χ1) is 11.2. The van der Waals surface area contributed by atoms with Gasteiger partial charge in [0.15, 0.2) is 0 Å². The van der Waals surface area contributed by atoms with Crippen LogP contribution < -0.4 is 9.47 Å². The van der Waals surface area contributed by atoms with Crippen molar-refractivity contribution in [2.75, 3.05) is 20.2 Å². The predicted molar refractivity (Wildman–Crippen MR) is 87.7 cm³/mol. The molecule has 0 aliphatic carbocycles. The smallest absolute Gasteiger partial charge is 0.255 e. The number of halogens is 1. The van der Waals surface area contributed by atoms with Crippen LogP contribution in [0.1, 0.15) is 16.8 Å². The third-order valence-electron chi connectivity index (χ3n) is 3.63. The molecule has 6 nitrogen and oxygen atoms in total. The molecule has 1 amide bonds. The number of methoxy groups -OCH3 is 1. The van der Waals surface area contributed by atoms with Crippen LogP contribution in [0.5, 0.6) is 11.8 Å². The number of ether oxygens (including phenoxy) is 2. The van der Waals surface area contributed by atoms with E-state index in [1.54, 1.807) is 30.3 Å². The number of hydrogen-bond acceptors (Lipinski definition) is 5. The molecule has 1 saturated heterocycles. The summed E-state index contributed by atoms with van der Waals surface area (Å²) in [7, 11) is 1.54. The molecule has 0 spiro atoms. The van der Waals surface area contributed by atoms with Gasteiger partial charge in [0.1, 0.15) is 6.10 Å². The first kappa shape index (κ1) is 15.7. The Kier molecular flexibility index (Phi) is 4.76. The van der Waals surface area contributed by atoms with Gasteiger partial charge in [0.25, 0.3) is 5.91 Å². The second-order valence-electron chi connectivity index (χ2n) is 5.16. The lowest BCUT2D eigenvalue weighted by atomic mass is 10.2. The molecule has 1 atom stereocenters. The predicted octanol–water partition coefficient (Wildman–Crippen LogP) is 2.54. The van der Waals surface area contributed by atoms with E-state index in [-0.39, 0.29) is 12.0 Å². The van der Waals surface area contributed by atoms with Crippen LogP contribution in [0.25, 0.3) is 0 Å². The molecule has 3 rings (SSSR count). The molecule has 120 valence electrons. The van der Waals surface area contributed by atoms with E-state index < -0.39 is 0 Å². The Bertz CT molecular complexity index is 693. The van der Waals surface area contributed by atoms with Gasteiger partial charge >= 0.3 is 0 Å². The summed E-state index contributed by atoms with van der Waals surface area (Å²) < 4.78 is 11.7. The normalized spacial score (nSPS) is 17.1. The van der Waals surface area contributed by atoms with Crippen LogP contribution in [0.2, 0.25) is 0 Å². The molecule has 0 aromatic carbocycles. The molecule has 2 aromatic heterocycles. The zero-order chi connectivity index (χ0) is 16.2. The van der Waals surface area contributed by atoms with Crippen molar-refractivity contribution in [1.29, 1.82) is 0 Å². The van der Waals surface area contributed by atoms with E-state index in [4.69, 9.17) is 9.47 Å². The average Bonchev–Trinajstić information content (AvgIpc) is 3.05. The van der Waals surface area contributed by atoms with Crippen LogP contribution in [0.15, 0.2) is 41.1 Å². The summed E-state index contributed by atoms with van der Waals surface area (Å²) in [6, 6.07) is 7.11. The molecule has 1 aliphatic rings. The number of carbonyl (C=O) groups excluding carboxylic acids is 1. The molecular weight excluding hydrogens is 362 g/mol. The van der Waals surface area contributed by atoms with Gasteiger partial charge in [0.05, 0.1) is 23.7 Å². The summed E-state index contributed by atoms with van der Waals surface area (Å²) in [5.41, 5.74) is 0.547. The molecule has 0 saturated carbocycles. The van der Waals surface area contributed by atoms with E-state index in [1.165, 1.54) is 6.20 Å². The maximum Gasteiger partial charge on any atom is 0.255 e. The molecule has 0 N–H and O–H groups in total.